The van der Waals surface area contributed by atoms with E-state index in [1.165, 1.54) is 6.33 Å². The number of carbonyl (C=O) groups excluding carboxylic acids is 1. The van der Waals surface area contributed by atoms with Gasteiger partial charge in [-0.3, -0.25) is 9.48 Å². The molecule has 0 aliphatic carbocycles. The Labute approximate surface area is 199 Å². The summed E-state index contributed by atoms with van der Waals surface area (Å²) in [6, 6.07) is 6.35. The van der Waals surface area contributed by atoms with E-state index in [-0.39, 0.29) is 10.8 Å². The van der Waals surface area contributed by atoms with E-state index in [2.05, 4.69) is 26.9 Å². The molecule has 3 aromatic rings. The first kappa shape index (κ1) is 22.7. The van der Waals surface area contributed by atoms with Crippen molar-refractivity contribution in [1.82, 2.24) is 29.0 Å². The molecule has 34 heavy (non-hydrogen) atoms. The molecule has 2 aliphatic heterocycles. The average Bonchev–Trinajstić information content (AvgIpc) is 3.25. The maximum atomic E-state index is 13.1. The van der Waals surface area contributed by atoms with Crippen LogP contribution in [0.4, 0.5) is 5.82 Å². The molecule has 0 bridgehead atoms. The normalized spacial score (nSPS) is 20.1. The smallest absolute Gasteiger partial charge is 0.253 e. The number of carbonyl (C=O) groups is 1. The van der Waals surface area contributed by atoms with Crippen LogP contribution in [-0.4, -0.2) is 82.5 Å². The number of piperazine rings is 1. The molecule has 1 atom stereocenters. The predicted molar refractivity (Wildman–Crippen MR) is 128 cm³/mol. The molecule has 5 rings (SSSR count). The molecular formula is C23H29N7O3S. The number of aromatic nitrogens is 4. The summed E-state index contributed by atoms with van der Waals surface area (Å²) >= 11 is 0. The van der Waals surface area contributed by atoms with Gasteiger partial charge in [-0.1, -0.05) is 6.92 Å². The van der Waals surface area contributed by atoms with Gasteiger partial charge in [0.25, 0.3) is 5.91 Å². The number of anilines is 1. The van der Waals surface area contributed by atoms with Gasteiger partial charge in [-0.05, 0) is 43.0 Å². The zero-order valence-electron chi connectivity index (χ0n) is 19.5. The quantitative estimate of drug-likeness (QED) is 0.557. The second-order valence-electron chi connectivity index (χ2n) is 9.12. The number of amides is 1. The highest BCUT2D eigenvalue weighted by atomic mass is 32.2. The Kier molecular flexibility index (Phi) is 5.98. The second-order valence-corrected chi connectivity index (χ2v) is 11.1. The van der Waals surface area contributed by atoms with Gasteiger partial charge in [0.2, 0.25) is 10.0 Å². The van der Waals surface area contributed by atoms with Gasteiger partial charge >= 0.3 is 0 Å². The van der Waals surface area contributed by atoms with Crippen LogP contribution >= 0.6 is 0 Å². The summed E-state index contributed by atoms with van der Waals surface area (Å²) < 4.78 is 29.3. The monoisotopic (exact) mass is 483 g/mol. The minimum Gasteiger partial charge on any atom is -0.352 e. The highest BCUT2D eigenvalue weighted by Gasteiger charge is 2.29. The first-order valence-electron chi connectivity index (χ1n) is 11.6. The van der Waals surface area contributed by atoms with E-state index in [0.717, 1.165) is 29.7 Å². The number of sulfonamides is 1. The van der Waals surface area contributed by atoms with Crippen molar-refractivity contribution in [1.29, 1.82) is 0 Å². The maximum absolute atomic E-state index is 13.1. The molecule has 1 amide bonds. The average molecular weight is 484 g/mol. The van der Waals surface area contributed by atoms with Gasteiger partial charge in [-0.25, -0.2) is 18.4 Å². The van der Waals surface area contributed by atoms with Gasteiger partial charge < -0.3 is 9.80 Å². The number of fused-ring (bicyclic) bond motifs is 1. The van der Waals surface area contributed by atoms with Crippen LogP contribution in [0.3, 0.4) is 0 Å². The van der Waals surface area contributed by atoms with Gasteiger partial charge in [0, 0.05) is 51.9 Å². The first-order valence-corrected chi connectivity index (χ1v) is 13.1. The minimum absolute atomic E-state index is 0.0931. The topological polar surface area (TPSA) is 105 Å². The van der Waals surface area contributed by atoms with E-state index in [4.69, 9.17) is 0 Å². The lowest BCUT2D eigenvalue weighted by atomic mass is 10.0. The Morgan fingerprint density at radius 3 is 2.47 bits per heavy atom. The largest absolute Gasteiger partial charge is 0.352 e. The van der Waals surface area contributed by atoms with Gasteiger partial charge in [-0.2, -0.15) is 9.40 Å². The fourth-order valence-corrected chi connectivity index (χ4v) is 6.39. The minimum atomic E-state index is -3.53. The van der Waals surface area contributed by atoms with Gasteiger partial charge in [-0.15, -0.1) is 0 Å². The summed E-state index contributed by atoms with van der Waals surface area (Å²) in [5, 5.41) is 5.16. The number of piperidine rings is 1. The van der Waals surface area contributed by atoms with Crippen LogP contribution < -0.4 is 4.90 Å². The van der Waals surface area contributed by atoms with Crippen LogP contribution in [0.5, 0.6) is 0 Å². The van der Waals surface area contributed by atoms with Crippen molar-refractivity contribution in [3.8, 4) is 0 Å². The Hall–Kier alpha value is -3.05. The molecule has 2 fully saturated rings. The van der Waals surface area contributed by atoms with Crippen molar-refractivity contribution in [2.75, 3.05) is 44.2 Å². The van der Waals surface area contributed by atoms with Crippen molar-refractivity contribution in [3.05, 3.63) is 42.4 Å². The molecule has 0 saturated carbocycles. The van der Waals surface area contributed by atoms with Crippen molar-refractivity contribution in [2.45, 2.75) is 24.7 Å². The van der Waals surface area contributed by atoms with Crippen LogP contribution in [-0.2, 0) is 17.1 Å². The number of rotatable bonds is 4. The van der Waals surface area contributed by atoms with E-state index in [0.29, 0.717) is 50.7 Å². The van der Waals surface area contributed by atoms with Crippen molar-refractivity contribution in [3.63, 3.8) is 0 Å². The molecule has 1 aromatic carbocycles. The van der Waals surface area contributed by atoms with E-state index in [1.54, 1.807) is 44.3 Å². The Morgan fingerprint density at radius 2 is 1.76 bits per heavy atom. The third kappa shape index (κ3) is 4.14. The van der Waals surface area contributed by atoms with Gasteiger partial charge in [0.15, 0.2) is 5.65 Å². The lowest BCUT2D eigenvalue weighted by Gasteiger charge is -2.35. The second kappa shape index (κ2) is 8.95. The van der Waals surface area contributed by atoms with E-state index in [1.807, 2.05) is 7.05 Å². The van der Waals surface area contributed by atoms with Crippen LogP contribution in [0.15, 0.2) is 41.7 Å². The molecule has 0 N–H and O–H groups in total. The lowest BCUT2D eigenvalue weighted by molar-refractivity contribution is 0.0746. The predicted octanol–water partition coefficient (Wildman–Crippen LogP) is 1.75. The van der Waals surface area contributed by atoms with Crippen LogP contribution in [0.2, 0.25) is 0 Å². The molecule has 180 valence electrons. The summed E-state index contributed by atoms with van der Waals surface area (Å²) in [5.74, 6) is 1.09. The highest BCUT2D eigenvalue weighted by Crippen LogP contribution is 2.25. The molecule has 0 radical (unpaired) electrons. The van der Waals surface area contributed by atoms with Crippen LogP contribution in [0.25, 0.3) is 11.0 Å². The Bertz CT molecular complexity index is 1300. The summed E-state index contributed by atoms with van der Waals surface area (Å²) in [6.45, 7) is 5.57. The number of hydrogen-bond donors (Lipinski definition) is 0. The fourth-order valence-electron chi connectivity index (χ4n) is 4.79. The van der Waals surface area contributed by atoms with E-state index in [9.17, 15) is 13.2 Å². The maximum Gasteiger partial charge on any atom is 0.253 e. The molecule has 2 aromatic heterocycles. The van der Waals surface area contributed by atoms with Gasteiger partial charge in [0.05, 0.1) is 16.5 Å². The molecule has 1 unspecified atom stereocenters. The van der Waals surface area contributed by atoms with Crippen molar-refractivity contribution < 1.29 is 13.2 Å². The summed E-state index contributed by atoms with van der Waals surface area (Å²) in [6.07, 6.45) is 5.24. The van der Waals surface area contributed by atoms with Crippen molar-refractivity contribution >= 4 is 32.8 Å². The number of benzene rings is 1. The highest BCUT2D eigenvalue weighted by molar-refractivity contribution is 7.89. The summed E-state index contributed by atoms with van der Waals surface area (Å²) in [5.41, 5.74) is 1.27. The number of hydrogen-bond acceptors (Lipinski definition) is 7. The van der Waals surface area contributed by atoms with Gasteiger partial charge in [0.1, 0.15) is 12.1 Å². The number of aryl methyl sites for hydroxylation is 1. The fraction of sp³-hybridized carbons (Fsp3) is 0.478. The summed E-state index contributed by atoms with van der Waals surface area (Å²) in [7, 11) is -1.69. The van der Waals surface area contributed by atoms with Crippen molar-refractivity contribution in [2.24, 2.45) is 13.0 Å². The zero-order valence-corrected chi connectivity index (χ0v) is 20.3. The zero-order chi connectivity index (χ0) is 23.9. The Balaban J connectivity index is 1.25. The third-order valence-electron chi connectivity index (χ3n) is 6.73. The Morgan fingerprint density at radius 1 is 1.03 bits per heavy atom. The SMILES string of the molecule is CC1CCCN(S(=O)(=O)c2ccc(C(=O)N3CCN(c4ncnc5c4cnn5C)CC3)cc2)C1. The lowest BCUT2D eigenvalue weighted by Crippen LogP contribution is -2.49. The van der Waals surface area contributed by atoms with Crippen LogP contribution in [0, 0.1) is 5.92 Å². The third-order valence-corrected chi connectivity index (χ3v) is 8.61. The molecule has 2 aliphatic rings. The molecule has 10 nitrogen and oxygen atoms in total. The molecule has 4 heterocycles. The molecule has 11 heteroatoms. The standard InChI is InChI=1S/C23H29N7O3S/c1-17-4-3-9-30(15-17)34(32,33)19-7-5-18(6-8-19)23(31)29-12-10-28(11-13-29)22-20-14-26-27(2)21(20)24-16-25-22/h5-8,14,16-17H,3-4,9-13,15H2,1-2H3. The summed E-state index contributed by atoms with van der Waals surface area (Å²) in [4.78, 5) is 26.0. The molecular weight excluding hydrogens is 454 g/mol. The number of nitrogens with zero attached hydrogens (tertiary/aromatic N) is 7. The first-order chi connectivity index (χ1) is 16.3. The molecule has 2 saturated heterocycles. The molecule has 0 spiro atoms. The van der Waals surface area contributed by atoms with Crippen LogP contribution in [0.1, 0.15) is 30.1 Å². The van der Waals surface area contributed by atoms with E-state index >= 15 is 0 Å². The van der Waals surface area contributed by atoms with E-state index < -0.39 is 10.0 Å².